The van der Waals surface area contributed by atoms with E-state index in [1.54, 1.807) is 0 Å². The Balaban J connectivity index is 3.02. The molecule has 38 valence electrons. The Hall–Kier alpha value is 0.494. The van der Waals surface area contributed by atoms with Gasteiger partial charge in [0, 0.05) is 0 Å². The molecule has 0 aliphatic heterocycles. The van der Waals surface area contributed by atoms with Crippen molar-refractivity contribution in [3.05, 3.63) is 0 Å². The van der Waals surface area contributed by atoms with Crippen molar-refractivity contribution in [2.24, 2.45) is 0 Å². The van der Waals surface area contributed by atoms with Crippen molar-refractivity contribution >= 4 is 0 Å². The van der Waals surface area contributed by atoms with E-state index in [2.05, 4.69) is 23.6 Å². The van der Waals surface area contributed by atoms with Crippen LogP contribution in [0.15, 0.2) is 0 Å². The molecule has 0 N–H and O–H groups in total. The predicted octanol–water partition coefficient (Wildman–Crippen LogP) is 2.33. The second-order valence-electron chi connectivity index (χ2n) is 1.90. The van der Waals surface area contributed by atoms with Gasteiger partial charge in [-0.15, -0.1) is 0 Å². The molecule has 0 radical (unpaired) electrons. The average Bonchev–Trinajstić information content (AvgIpc) is 0.722. The topological polar surface area (TPSA) is 0 Å². The number of hydrogen-bond donors (Lipinski definition) is 0. The van der Waals surface area contributed by atoms with Crippen molar-refractivity contribution in [2.45, 2.75) is 23.6 Å². The predicted molar refractivity (Wildman–Crippen MR) is 23.5 cm³/mol. The minimum atomic E-state index is -0.250. The molecule has 0 aromatic carbocycles. The summed E-state index contributed by atoms with van der Waals surface area (Å²) >= 11 is -0.250. The third-order valence-corrected chi connectivity index (χ3v) is 0. The van der Waals surface area contributed by atoms with Crippen molar-refractivity contribution in [3.63, 3.8) is 0 Å². The van der Waals surface area contributed by atoms with Crippen molar-refractivity contribution in [1.82, 2.24) is 0 Å². The third kappa shape index (κ3) is 115. The van der Waals surface area contributed by atoms with E-state index in [4.69, 9.17) is 0 Å². The zero-order valence-corrected chi connectivity index (χ0v) is 5.30. The molecule has 0 amide bonds. The zero-order chi connectivity index (χ0) is 4.50. The molecule has 0 heterocycles. The average molecular weight is 119 g/mol. The van der Waals surface area contributed by atoms with Crippen LogP contribution in [-0.2, 0) is 12.4 Å². The van der Waals surface area contributed by atoms with Crippen LogP contribution < -0.4 is 0 Å². The van der Waals surface area contributed by atoms with Gasteiger partial charge in [0.05, 0.1) is 0 Å². The fraction of sp³-hybridized carbons (Fsp3) is 1.00. The van der Waals surface area contributed by atoms with Crippen molar-refractivity contribution < 1.29 is 12.4 Å². The molecule has 1 heteroatoms. The molecular formula is C4H12Ni. The monoisotopic (exact) mass is 118 g/mol. The van der Waals surface area contributed by atoms with E-state index in [-0.39, 0.29) is 12.4 Å². The van der Waals surface area contributed by atoms with E-state index >= 15 is 0 Å². The molecule has 0 aromatic rings. The van der Waals surface area contributed by atoms with Crippen LogP contribution in [0.4, 0.5) is 0 Å². The van der Waals surface area contributed by atoms with Crippen LogP contribution in [0.5, 0.6) is 0 Å². The van der Waals surface area contributed by atoms with Gasteiger partial charge in [-0.05, 0) is 0 Å². The summed E-state index contributed by atoms with van der Waals surface area (Å²) in [6.45, 7) is 0. The summed E-state index contributed by atoms with van der Waals surface area (Å²) in [6.07, 6.45) is 0. The van der Waals surface area contributed by atoms with Crippen LogP contribution in [0, 0.1) is 0 Å². The van der Waals surface area contributed by atoms with Crippen LogP contribution in [0.25, 0.3) is 0 Å². The van der Waals surface area contributed by atoms with Gasteiger partial charge in [0.25, 0.3) is 0 Å². The second-order valence-corrected chi connectivity index (χ2v) is 7.82. The van der Waals surface area contributed by atoms with Gasteiger partial charge in [-0.1, -0.05) is 0 Å². The Morgan fingerprint density at radius 3 is 0.800 bits per heavy atom. The van der Waals surface area contributed by atoms with Gasteiger partial charge >= 0.3 is 36.0 Å². The molecule has 0 unspecified atom stereocenters. The maximum absolute atomic E-state index is 2.28. The van der Waals surface area contributed by atoms with Gasteiger partial charge in [-0.25, -0.2) is 0 Å². The Labute approximate surface area is 36.7 Å². The normalized spacial score (nSPS) is 15.2. The van der Waals surface area contributed by atoms with Crippen LogP contribution in [0.3, 0.4) is 0 Å². The summed E-state index contributed by atoms with van der Waals surface area (Å²) in [5.74, 6) is 9.12. The van der Waals surface area contributed by atoms with Crippen LogP contribution >= 0.6 is 0 Å². The second kappa shape index (κ2) is 1.30. The van der Waals surface area contributed by atoms with E-state index in [9.17, 15) is 0 Å². The summed E-state index contributed by atoms with van der Waals surface area (Å²) in [7, 11) is 0. The van der Waals surface area contributed by atoms with E-state index in [1.807, 2.05) is 0 Å². The first kappa shape index (κ1) is 5.49. The molecule has 0 aliphatic rings. The summed E-state index contributed by atoms with van der Waals surface area (Å²) in [4.78, 5) is 0. The molecule has 0 nitrogen and oxygen atoms in total. The van der Waals surface area contributed by atoms with Gasteiger partial charge in [0.15, 0.2) is 0 Å². The van der Waals surface area contributed by atoms with E-state index in [0.29, 0.717) is 0 Å². The van der Waals surface area contributed by atoms with Crippen LogP contribution in [-0.4, -0.2) is 0 Å². The first-order valence-electron chi connectivity index (χ1n) is 1.26. The molecule has 0 saturated carbocycles. The van der Waals surface area contributed by atoms with E-state index in [1.165, 1.54) is 0 Å². The summed E-state index contributed by atoms with van der Waals surface area (Å²) in [5, 5.41) is 0. The van der Waals surface area contributed by atoms with Gasteiger partial charge < -0.3 is 0 Å². The van der Waals surface area contributed by atoms with Gasteiger partial charge in [0.1, 0.15) is 0 Å². The van der Waals surface area contributed by atoms with Crippen molar-refractivity contribution in [2.75, 3.05) is 0 Å². The SMILES string of the molecule is [CH3][Ni]([CH3])([CH3])[CH3]. The molecule has 0 saturated heterocycles. The number of rotatable bonds is 0. The van der Waals surface area contributed by atoms with Crippen molar-refractivity contribution in [1.29, 1.82) is 0 Å². The Morgan fingerprint density at radius 2 is 0.800 bits per heavy atom. The standard InChI is InChI=1S/4CH3.Ni/h4*1H3;. The summed E-state index contributed by atoms with van der Waals surface area (Å²) in [5.41, 5.74) is 0. The molecular weight excluding hydrogens is 107 g/mol. The number of hydrogen-bond acceptors (Lipinski definition) is 0. The molecule has 0 fully saturated rings. The third-order valence-electron chi connectivity index (χ3n) is 0. The minimum absolute atomic E-state index is 0.250. The molecule has 5 heavy (non-hydrogen) atoms. The van der Waals surface area contributed by atoms with Gasteiger partial charge in [-0.2, -0.15) is 0 Å². The molecule has 0 aliphatic carbocycles. The maximum atomic E-state index is 2.28. The van der Waals surface area contributed by atoms with E-state index in [0.717, 1.165) is 0 Å². The van der Waals surface area contributed by atoms with Crippen molar-refractivity contribution in [3.8, 4) is 0 Å². The van der Waals surface area contributed by atoms with Crippen LogP contribution in [0.2, 0.25) is 23.6 Å². The summed E-state index contributed by atoms with van der Waals surface area (Å²) < 4.78 is 0. The first-order chi connectivity index (χ1) is 2.00. The van der Waals surface area contributed by atoms with E-state index < -0.39 is 0 Å². The van der Waals surface area contributed by atoms with Gasteiger partial charge in [0.2, 0.25) is 0 Å². The quantitative estimate of drug-likeness (QED) is 0.429. The molecule has 0 bridgehead atoms. The van der Waals surface area contributed by atoms with Crippen LogP contribution in [0.1, 0.15) is 0 Å². The Bertz CT molecular complexity index is 19.1. The molecule has 0 rings (SSSR count). The van der Waals surface area contributed by atoms with Gasteiger partial charge in [-0.3, -0.25) is 0 Å². The molecule has 0 spiro atoms. The fourth-order valence-corrected chi connectivity index (χ4v) is 0. The molecule has 0 aromatic heterocycles. The first-order valence-corrected chi connectivity index (χ1v) is 5.22. The molecule has 0 atom stereocenters. The zero-order valence-electron chi connectivity index (χ0n) is 4.32. The fourth-order valence-electron chi connectivity index (χ4n) is 0. The Morgan fingerprint density at radius 1 is 0.800 bits per heavy atom. The Kier molecular flexibility index (Phi) is 1.43. The summed E-state index contributed by atoms with van der Waals surface area (Å²) in [6, 6.07) is 0.